The number of nitrogens with one attached hydrogen (secondary N) is 1. The quantitative estimate of drug-likeness (QED) is 0.787. The molecule has 1 saturated heterocycles. The molecule has 0 aromatic heterocycles. The Labute approximate surface area is 106 Å². The summed E-state index contributed by atoms with van der Waals surface area (Å²) in [6, 6.07) is -0.934. The molecule has 1 aliphatic rings. The molecule has 2 amide bonds. The van der Waals surface area contributed by atoms with Gasteiger partial charge in [-0.25, -0.2) is 9.59 Å². The Hall–Kier alpha value is -0.910. The lowest BCUT2D eigenvalue weighted by Crippen LogP contribution is -2.47. The predicted molar refractivity (Wildman–Crippen MR) is 68.1 cm³/mol. The van der Waals surface area contributed by atoms with Crippen molar-refractivity contribution in [3.8, 4) is 0 Å². The number of hydrogen-bond acceptors (Lipinski definition) is 3. The van der Waals surface area contributed by atoms with Crippen LogP contribution in [0.1, 0.15) is 26.7 Å². The van der Waals surface area contributed by atoms with E-state index < -0.39 is 12.0 Å². The molecule has 2 N–H and O–H groups in total. The van der Waals surface area contributed by atoms with Crippen molar-refractivity contribution in [2.24, 2.45) is 5.92 Å². The molecule has 1 heterocycles. The van der Waals surface area contributed by atoms with Gasteiger partial charge in [0.1, 0.15) is 6.04 Å². The lowest BCUT2D eigenvalue weighted by atomic mass is 10.0. The maximum Gasteiger partial charge on any atom is 0.327 e. The smallest absolute Gasteiger partial charge is 0.327 e. The summed E-state index contributed by atoms with van der Waals surface area (Å²) < 4.78 is 0. The zero-order valence-corrected chi connectivity index (χ0v) is 11.1. The van der Waals surface area contributed by atoms with Gasteiger partial charge in [-0.2, -0.15) is 0 Å². The Morgan fingerprint density at radius 2 is 2.12 bits per heavy atom. The molecule has 0 aliphatic carbocycles. The maximum atomic E-state index is 11.8. The number of carbonyl (C=O) groups excluding carboxylic acids is 1. The van der Waals surface area contributed by atoms with Gasteiger partial charge in [-0.15, -0.1) is 11.8 Å². The number of thioether (sulfide) groups is 1. The fraction of sp³-hybridized carbons (Fsp3) is 0.818. The third-order valence-electron chi connectivity index (χ3n) is 3.12. The Bertz CT molecular complexity index is 282. The standard InChI is InChI=1S/C11H20N2O3S/c1-3-8(4-2)5-12-11(16)13-7-17-6-9(13)10(14)15/h8-9H,3-7H2,1-2H3,(H,12,16)(H,14,15). The summed E-state index contributed by atoms with van der Waals surface area (Å²) in [6.45, 7) is 4.80. The molecule has 1 fully saturated rings. The van der Waals surface area contributed by atoms with Gasteiger partial charge in [0.2, 0.25) is 0 Å². The summed E-state index contributed by atoms with van der Waals surface area (Å²) in [5.74, 6) is 0.490. The fourth-order valence-corrected chi connectivity index (χ4v) is 2.90. The minimum atomic E-state index is -0.923. The number of urea groups is 1. The number of aliphatic carboxylic acids is 1. The van der Waals surface area contributed by atoms with Crippen molar-refractivity contribution in [2.45, 2.75) is 32.7 Å². The van der Waals surface area contributed by atoms with Gasteiger partial charge in [-0.05, 0) is 5.92 Å². The second-order valence-electron chi connectivity index (χ2n) is 4.19. The van der Waals surface area contributed by atoms with Crippen molar-refractivity contribution < 1.29 is 14.7 Å². The van der Waals surface area contributed by atoms with Crippen molar-refractivity contribution in [1.82, 2.24) is 10.2 Å². The first kappa shape index (κ1) is 14.2. The average molecular weight is 260 g/mol. The molecule has 0 saturated carbocycles. The van der Waals surface area contributed by atoms with E-state index in [1.54, 1.807) is 0 Å². The Morgan fingerprint density at radius 1 is 1.47 bits per heavy atom. The lowest BCUT2D eigenvalue weighted by Gasteiger charge is -2.22. The predicted octanol–water partition coefficient (Wildman–Crippen LogP) is 1.59. The van der Waals surface area contributed by atoms with Gasteiger partial charge in [-0.1, -0.05) is 26.7 Å². The summed E-state index contributed by atoms with van der Waals surface area (Å²) in [7, 11) is 0. The van der Waals surface area contributed by atoms with E-state index in [2.05, 4.69) is 19.2 Å². The molecule has 98 valence electrons. The molecule has 0 bridgehead atoms. The third-order valence-corrected chi connectivity index (χ3v) is 4.14. The fourth-order valence-electron chi connectivity index (χ4n) is 1.76. The molecule has 6 heteroatoms. The second-order valence-corrected chi connectivity index (χ2v) is 5.19. The van der Waals surface area contributed by atoms with Gasteiger partial charge in [0.25, 0.3) is 0 Å². The number of rotatable bonds is 5. The Morgan fingerprint density at radius 3 is 2.65 bits per heavy atom. The van der Waals surface area contributed by atoms with Crippen LogP contribution >= 0.6 is 11.8 Å². The molecule has 0 aromatic rings. The van der Waals surface area contributed by atoms with E-state index in [9.17, 15) is 9.59 Å². The molecule has 17 heavy (non-hydrogen) atoms. The Kier molecular flexibility index (Phi) is 5.61. The van der Waals surface area contributed by atoms with Crippen LogP contribution in [0.3, 0.4) is 0 Å². The largest absolute Gasteiger partial charge is 0.480 e. The highest BCUT2D eigenvalue weighted by molar-refractivity contribution is 7.99. The van der Waals surface area contributed by atoms with E-state index in [0.717, 1.165) is 12.8 Å². The van der Waals surface area contributed by atoms with Crippen molar-refractivity contribution in [3.63, 3.8) is 0 Å². The van der Waals surface area contributed by atoms with Crippen LogP contribution in [0.5, 0.6) is 0 Å². The first-order chi connectivity index (χ1) is 8.10. The molecule has 0 spiro atoms. The maximum absolute atomic E-state index is 11.8. The molecular formula is C11H20N2O3S. The summed E-state index contributed by atoms with van der Waals surface area (Å²) in [4.78, 5) is 24.2. The summed E-state index contributed by atoms with van der Waals surface area (Å²) in [5.41, 5.74) is 0. The average Bonchev–Trinajstić information content (AvgIpc) is 2.79. The van der Waals surface area contributed by atoms with E-state index in [1.807, 2.05) is 0 Å². The molecule has 1 atom stereocenters. The molecule has 1 unspecified atom stereocenters. The van der Waals surface area contributed by atoms with Crippen LogP contribution in [-0.4, -0.2) is 46.2 Å². The van der Waals surface area contributed by atoms with Gasteiger partial charge in [-0.3, -0.25) is 0 Å². The number of hydrogen-bond donors (Lipinski definition) is 2. The van der Waals surface area contributed by atoms with E-state index >= 15 is 0 Å². The number of amides is 2. The van der Waals surface area contributed by atoms with Crippen molar-refractivity contribution in [1.29, 1.82) is 0 Å². The molecule has 1 rings (SSSR count). The molecule has 5 nitrogen and oxygen atoms in total. The number of carboxylic acids is 1. The molecular weight excluding hydrogens is 240 g/mol. The SMILES string of the molecule is CCC(CC)CNC(=O)N1CSCC1C(=O)O. The number of carbonyl (C=O) groups is 2. The normalized spacial score (nSPS) is 19.7. The number of carboxylic acid groups (broad SMARTS) is 1. The Balaban J connectivity index is 2.44. The van der Waals surface area contributed by atoms with Gasteiger partial charge in [0.05, 0.1) is 5.88 Å². The van der Waals surface area contributed by atoms with E-state index in [1.165, 1.54) is 16.7 Å². The van der Waals surface area contributed by atoms with Crippen LogP contribution in [0.15, 0.2) is 0 Å². The highest BCUT2D eigenvalue weighted by Crippen LogP contribution is 2.21. The number of nitrogens with zero attached hydrogens (tertiary/aromatic N) is 1. The zero-order valence-electron chi connectivity index (χ0n) is 10.3. The lowest BCUT2D eigenvalue weighted by molar-refractivity contribution is -0.140. The van der Waals surface area contributed by atoms with E-state index in [-0.39, 0.29) is 6.03 Å². The first-order valence-electron chi connectivity index (χ1n) is 5.95. The van der Waals surface area contributed by atoms with Crippen molar-refractivity contribution in [2.75, 3.05) is 18.2 Å². The topological polar surface area (TPSA) is 69.6 Å². The highest BCUT2D eigenvalue weighted by atomic mass is 32.2. The van der Waals surface area contributed by atoms with Crippen molar-refractivity contribution >= 4 is 23.8 Å². The molecule has 0 radical (unpaired) electrons. The summed E-state index contributed by atoms with van der Waals surface area (Å²) >= 11 is 1.48. The highest BCUT2D eigenvalue weighted by Gasteiger charge is 2.34. The van der Waals surface area contributed by atoms with Gasteiger partial charge < -0.3 is 15.3 Å². The van der Waals surface area contributed by atoms with Crippen LogP contribution in [-0.2, 0) is 4.79 Å². The minimum absolute atomic E-state index is 0.255. The monoisotopic (exact) mass is 260 g/mol. The van der Waals surface area contributed by atoms with Gasteiger partial charge in [0, 0.05) is 12.3 Å². The van der Waals surface area contributed by atoms with Gasteiger partial charge >= 0.3 is 12.0 Å². The molecule has 1 aliphatic heterocycles. The van der Waals surface area contributed by atoms with Crippen LogP contribution in [0, 0.1) is 5.92 Å². The van der Waals surface area contributed by atoms with E-state index in [0.29, 0.717) is 24.1 Å². The summed E-state index contributed by atoms with van der Waals surface area (Å²) in [6.07, 6.45) is 2.04. The van der Waals surface area contributed by atoms with E-state index in [4.69, 9.17) is 5.11 Å². The van der Waals surface area contributed by atoms with Crippen LogP contribution in [0.2, 0.25) is 0 Å². The van der Waals surface area contributed by atoms with Crippen LogP contribution < -0.4 is 5.32 Å². The third kappa shape index (κ3) is 3.80. The second kappa shape index (κ2) is 6.74. The first-order valence-corrected chi connectivity index (χ1v) is 7.10. The summed E-state index contributed by atoms with van der Waals surface area (Å²) in [5, 5.41) is 11.8. The minimum Gasteiger partial charge on any atom is -0.480 e. The van der Waals surface area contributed by atoms with Crippen LogP contribution in [0.4, 0.5) is 4.79 Å². The zero-order chi connectivity index (χ0) is 12.8. The van der Waals surface area contributed by atoms with Crippen molar-refractivity contribution in [3.05, 3.63) is 0 Å². The van der Waals surface area contributed by atoms with Crippen LogP contribution in [0.25, 0.3) is 0 Å². The van der Waals surface area contributed by atoms with Gasteiger partial charge in [0.15, 0.2) is 0 Å². The molecule has 0 aromatic carbocycles.